The highest BCUT2D eigenvalue weighted by Crippen LogP contribution is 2.82. The molecule has 5 aliphatic rings. The Morgan fingerprint density at radius 3 is 2.67 bits per heavy atom. The van der Waals surface area contributed by atoms with E-state index in [1.54, 1.807) is 7.11 Å². The van der Waals surface area contributed by atoms with Crippen molar-refractivity contribution < 1.29 is 24.4 Å². The van der Waals surface area contributed by atoms with Crippen LogP contribution in [0.25, 0.3) is 0 Å². The standard InChI is InChI=1S/C25H34O5/c1-21(2)29-20-23-11-12-25(27,24(20,14-26)30-21)22(23,3)10-9-18-17-7-6-16(28-4)13-15(17)5-8-19(18)23/h6-7,13,18-20,26-27H,5,8-12,14H2,1-4H3/t18-,19-,20+,22+,23-,24+,25-/m1/s1. The highest BCUT2D eigenvalue weighted by molar-refractivity contribution is 5.44. The van der Waals surface area contributed by atoms with Crippen LogP contribution in [0.5, 0.6) is 5.75 Å². The summed E-state index contributed by atoms with van der Waals surface area (Å²) in [5.41, 5.74) is 0.267. The van der Waals surface area contributed by atoms with Gasteiger partial charge in [-0.1, -0.05) is 13.0 Å². The minimum atomic E-state index is -1.06. The number of aryl methyl sites for hydroxylation is 1. The number of ether oxygens (including phenoxy) is 3. The Morgan fingerprint density at radius 2 is 1.93 bits per heavy atom. The molecule has 1 aromatic carbocycles. The lowest BCUT2D eigenvalue weighted by atomic mass is 9.47. The van der Waals surface area contributed by atoms with Crippen molar-refractivity contribution in [3.63, 3.8) is 0 Å². The largest absolute Gasteiger partial charge is 0.497 e. The third kappa shape index (κ3) is 1.84. The van der Waals surface area contributed by atoms with Crippen molar-refractivity contribution in [1.29, 1.82) is 0 Å². The van der Waals surface area contributed by atoms with Crippen LogP contribution in [0.15, 0.2) is 18.2 Å². The van der Waals surface area contributed by atoms with Crippen molar-refractivity contribution >= 4 is 0 Å². The second-order valence-electron chi connectivity index (χ2n) is 11.1. The second-order valence-corrected chi connectivity index (χ2v) is 11.1. The van der Waals surface area contributed by atoms with Gasteiger partial charge in [-0.15, -0.1) is 0 Å². The maximum atomic E-state index is 12.2. The molecule has 2 bridgehead atoms. The van der Waals surface area contributed by atoms with Crippen LogP contribution in [0.3, 0.4) is 0 Å². The predicted octanol–water partition coefficient (Wildman–Crippen LogP) is 3.55. The molecule has 164 valence electrons. The van der Waals surface area contributed by atoms with Gasteiger partial charge in [0, 0.05) is 10.8 Å². The topological polar surface area (TPSA) is 68.2 Å². The summed E-state index contributed by atoms with van der Waals surface area (Å²) in [6.07, 6.45) is 5.44. The molecule has 0 radical (unpaired) electrons. The Hall–Kier alpha value is -1.14. The number of fused-ring (bicyclic) bond motifs is 5. The summed E-state index contributed by atoms with van der Waals surface area (Å²) in [6, 6.07) is 6.55. The number of hydrogen-bond acceptors (Lipinski definition) is 5. The summed E-state index contributed by atoms with van der Waals surface area (Å²) in [5, 5.41) is 22.9. The molecule has 1 heterocycles. The zero-order valence-electron chi connectivity index (χ0n) is 18.5. The van der Waals surface area contributed by atoms with Crippen molar-refractivity contribution in [2.75, 3.05) is 13.7 Å². The molecule has 4 fully saturated rings. The number of benzene rings is 1. The Bertz CT molecular complexity index is 913. The van der Waals surface area contributed by atoms with E-state index in [-0.39, 0.29) is 23.5 Å². The van der Waals surface area contributed by atoms with Gasteiger partial charge < -0.3 is 24.4 Å². The first-order chi connectivity index (χ1) is 14.2. The Balaban J connectivity index is 1.52. The average Bonchev–Trinajstić information content (AvgIpc) is 3.21. The molecular weight excluding hydrogens is 380 g/mol. The molecule has 30 heavy (non-hydrogen) atoms. The second kappa shape index (κ2) is 5.61. The zero-order chi connectivity index (χ0) is 21.2. The molecule has 1 saturated heterocycles. The molecule has 6 rings (SSSR count). The number of methoxy groups -OCH3 is 1. The molecule has 0 amide bonds. The summed E-state index contributed by atoms with van der Waals surface area (Å²) < 4.78 is 18.5. The molecule has 0 unspecified atom stereocenters. The minimum Gasteiger partial charge on any atom is -0.497 e. The maximum Gasteiger partial charge on any atom is 0.164 e. The van der Waals surface area contributed by atoms with Gasteiger partial charge in [0.25, 0.3) is 0 Å². The third-order valence-corrected chi connectivity index (χ3v) is 10.1. The van der Waals surface area contributed by atoms with Crippen molar-refractivity contribution in [3.05, 3.63) is 29.3 Å². The SMILES string of the molecule is COc1ccc2c(c1)CC[C@@H]1[C@@H]2CC[C@@]2(C)[C@]13CC[C@]2(O)[C@@]1(CO)OC(C)(C)O[C@@H]31. The first-order valence-electron chi connectivity index (χ1n) is 11.6. The summed E-state index contributed by atoms with van der Waals surface area (Å²) in [4.78, 5) is 0. The van der Waals surface area contributed by atoms with Gasteiger partial charge in [-0.05, 0) is 87.5 Å². The van der Waals surface area contributed by atoms with E-state index in [0.717, 1.165) is 37.9 Å². The van der Waals surface area contributed by atoms with Crippen LogP contribution in [0, 0.1) is 16.7 Å². The fraction of sp³-hybridized carbons (Fsp3) is 0.760. The van der Waals surface area contributed by atoms with Gasteiger partial charge in [-0.2, -0.15) is 0 Å². The van der Waals surface area contributed by atoms with E-state index in [1.165, 1.54) is 11.1 Å². The van der Waals surface area contributed by atoms with Gasteiger partial charge in [0.2, 0.25) is 0 Å². The van der Waals surface area contributed by atoms with E-state index in [9.17, 15) is 10.2 Å². The summed E-state index contributed by atoms with van der Waals surface area (Å²) in [7, 11) is 1.73. The predicted molar refractivity (Wildman–Crippen MR) is 111 cm³/mol. The average molecular weight is 415 g/mol. The van der Waals surface area contributed by atoms with Gasteiger partial charge in [0.05, 0.1) is 13.7 Å². The zero-order valence-corrected chi connectivity index (χ0v) is 18.5. The molecule has 3 saturated carbocycles. The monoisotopic (exact) mass is 414 g/mol. The van der Waals surface area contributed by atoms with E-state index < -0.39 is 17.0 Å². The van der Waals surface area contributed by atoms with E-state index in [1.807, 2.05) is 13.8 Å². The van der Waals surface area contributed by atoms with E-state index in [0.29, 0.717) is 18.3 Å². The van der Waals surface area contributed by atoms with Crippen molar-refractivity contribution in [1.82, 2.24) is 0 Å². The normalized spacial score (nSPS) is 49.9. The van der Waals surface area contributed by atoms with Crippen LogP contribution in [-0.2, 0) is 15.9 Å². The lowest BCUT2D eigenvalue weighted by Crippen LogP contribution is -2.62. The van der Waals surface area contributed by atoms with Gasteiger partial charge in [-0.25, -0.2) is 0 Å². The van der Waals surface area contributed by atoms with Gasteiger partial charge in [-0.3, -0.25) is 0 Å². The smallest absolute Gasteiger partial charge is 0.164 e. The maximum absolute atomic E-state index is 12.2. The van der Waals surface area contributed by atoms with Crippen LogP contribution in [0.1, 0.15) is 69.9 Å². The molecule has 7 atom stereocenters. The minimum absolute atomic E-state index is 0.182. The van der Waals surface area contributed by atoms with Crippen molar-refractivity contribution in [3.8, 4) is 5.75 Å². The third-order valence-electron chi connectivity index (χ3n) is 10.1. The summed E-state index contributed by atoms with van der Waals surface area (Å²) >= 11 is 0. The highest BCUT2D eigenvalue weighted by atomic mass is 16.8. The van der Waals surface area contributed by atoms with Crippen LogP contribution in [0.2, 0.25) is 0 Å². The lowest BCUT2D eigenvalue weighted by Gasteiger charge is -2.57. The van der Waals surface area contributed by atoms with E-state index in [2.05, 4.69) is 25.1 Å². The fourth-order valence-electron chi connectivity index (χ4n) is 9.05. The molecule has 1 aromatic rings. The molecule has 5 nitrogen and oxygen atoms in total. The molecule has 0 spiro atoms. The Morgan fingerprint density at radius 1 is 1.13 bits per heavy atom. The Labute approximate surface area is 178 Å². The first-order valence-corrected chi connectivity index (χ1v) is 11.6. The molecule has 4 aliphatic carbocycles. The highest BCUT2D eigenvalue weighted by Gasteiger charge is 2.89. The van der Waals surface area contributed by atoms with E-state index >= 15 is 0 Å². The quantitative estimate of drug-likeness (QED) is 0.775. The van der Waals surface area contributed by atoms with E-state index in [4.69, 9.17) is 14.2 Å². The van der Waals surface area contributed by atoms with Crippen LogP contribution in [-0.4, -0.2) is 47.0 Å². The van der Waals surface area contributed by atoms with Crippen LogP contribution in [0.4, 0.5) is 0 Å². The molecule has 2 N–H and O–H groups in total. The fourth-order valence-corrected chi connectivity index (χ4v) is 9.05. The summed E-state index contributed by atoms with van der Waals surface area (Å²) in [6.45, 7) is 5.90. The first kappa shape index (κ1) is 19.5. The van der Waals surface area contributed by atoms with Crippen LogP contribution >= 0.6 is 0 Å². The van der Waals surface area contributed by atoms with Gasteiger partial charge >= 0.3 is 0 Å². The number of hydrogen-bond donors (Lipinski definition) is 2. The summed E-state index contributed by atoms with van der Waals surface area (Å²) in [5.74, 6) is 1.00. The molecular formula is C25H34O5. The van der Waals surface area contributed by atoms with Crippen LogP contribution < -0.4 is 4.74 Å². The molecule has 5 heteroatoms. The molecule has 0 aromatic heterocycles. The molecule has 1 aliphatic heterocycles. The Kier molecular flexibility index (Phi) is 3.65. The van der Waals surface area contributed by atoms with Crippen molar-refractivity contribution in [2.45, 2.75) is 88.3 Å². The van der Waals surface area contributed by atoms with Gasteiger partial charge in [0.15, 0.2) is 11.4 Å². The van der Waals surface area contributed by atoms with Crippen molar-refractivity contribution in [2.24, 2.45) is 16.7 Å². The van der Waals surface area contributed by atoms with Gasteiger partial charge in [0.1, 0.15) is 17.5 Å². The number of rotatable bonds is 2. The lowest BCUT2D eigenvalue weighted by molar-refractivity contribution is -0.254. The number of aliphatic hydroxyl groups is 2. The number of aliphatic hydroxyl groups excluding tert-OH is 1.